The van der Waals surface area contributed by atoms with Gasteiger partial charge in [0.1, 0.15) is 5.75 Å². The Morgan fingerprint density at radius 2 is 1.72 bits per heavy atom. The van der Waals surface area contributed by atoms with E-state index >= 15 is 0 Å². The molecule has 1 aromatic carbocycles. The van der Waals surface area contributed by atoms with Crippen molar-refractivity contribution in [1.29, 1.82) is 0 Å². The first kappa shape index (κ1) is 15.0. The van der Waals surface area contributed by atoms with Gasteiger partial charge in [-0.1, -0.05) is 6.07 Å². The van der Waals surface area contributed by atoms with E-state index in [1.54, 1.807) is 7.11 Å². The van der Waals surface area contributed by atoms with Crippen LogP contribution in [0.5, 0.6) is 5.75 Å². The predicted molar refractivity (Wildman–Crippen MR) is 78.5 cm³/mol. The molecule has 0 aliphatic carbocycles. The van der Waals surface area contributed by atoms with Crippen molar-refractivity contribution in [3.63, 3.8) is 0 Å². The van der Waals surface area contributed by atoms with Gasteiger partial charge in [-0.05, 0) is 76.8 Å². The van der Waals surface area contributed by atoms with Crippen LogP contribution in [-0.2, 0) is 6.42 Å². The summed E-state index contributed by atoms with van der Waals surface area (Å²) in [5.74, 6) is 1.02. The summed E-state index contributed by atoms with van der Waals surface area (Å²) in [6, 6.07) is 4.40. The van der Waals surface area contributed by atoms with Crippen LogP contribution >= 0.6 is 0 Å². The molecular formula is C16H27NO. The molecule has 102 valence electrons. The Bertz CT molecular complexity index is 391. The summed E-state index contributed by atoms with van der Waals surface area (Å²) in [6.45, 7) is 11.9. The van der Waals surface area contributed by atoms with Crippen molar-refractivity contribution >= 4 is 0 Å². The summed E-state index contributed by atoms with van der Waals surface area (Å²) in [4.78, 5) is 0. The fraction of sp³-hybridized carbons (Fsp3) is 0.625. The highest BCUT2D eigenvalue weighted by atomic mass is 16.5. The standard InChI is InChI=1S/C16H27NO/c1-12-10-14(15(18-6)11-13(12)2)8-7-9-17-16(3,4)5/h10-11,17H,7-9H2,1-6H3. The fourth-order valence-electron chi connectivity index (χ4n) is 1.98. The highest BCUT2D eigenvalue weighted by molar-refractivity contribution is 5.41. The number of benzene rings is 1. The molecule has 0 aromatic heterocycles. The normalized spacial score (nSPS) is 11.7. The van der Waals surface area contributed by atoms with Gasteiger partial charge in [-0.15, -0.1) is 0 Å². The third-order valence-corrected chi connectivity index (χ3v) is 3.17. The molecule has 0 atom stereocenters. The number of ether oxygens (including phenoxy) is 1. The van der Waals surface area contributed by atoms with Crippen LogP contribution in [0.3, 0.4) is 0 Å². The minimum atomic E-state index is 0.202. The highest BCUT2D eigenvalue weighted by Gasteiger charge is 2.09. The van der Waals surface area contributed by atoms with Gasteiger partial charge in [-0.3, -0.25) is 0 Å². The molecule has 1 aromatic rings. The zero-order chi connectivity index (χ0) is 13.8. The lowest BCUT2D eigenvalue weighted by atomic mass is 10.0. The summed E-state index contributed by atoms with van der Waals surface area (Å²) in [6.07, 6.45) is 2.20. The van der Waals surface area contributed by atoms with E-state index in [-0.39, 0.29) is 5.54 Å². The van der Waals surface area contributed by atoms with Crippen LogP contribution in [-0.4, -0.2) is 19.2 Å². The largest absolute Gasteiger partial charge is 0.496 e. The summed E-state index contributed by atoms with van der Waals surface area (Å²) in [5.41, 5.74) is 4.15. The molecule has 0 radical (unpaired) electrons. The molecule has 0 saturated carbocycles. The van der Waals surface area contributed by atoms with Crippen molar-refractivity contribution in [2.45, 2.75) is 53.0 Å². The zero-order valence-electron chi connectivity index (χ0n) is 12.7. The molecule has 0 unspecified atom stereocenters. The highest BCUT2D eigenvalue weighted by Crippen LogP contribution is 2.24. The van der Waals surface area contributed by atoms with Crippen molar-refractivity contribution in [1.82, 2.24) is 5.32 Å². The lowest BCUT2D eigenvalue weighted by Crippen LogP contribution is -2.36. The Balaban J connectivity index is 2.59. The number of rotatable bonds is 5. The van der Waals surface area contributed by atoms with Crippen molar-refractivity contribution in [3.8, 4) is 5.75 Å². The molecule has 18 heavy (non-hydrogen) atoms. The lowest BCUT2D eigenvalue weighted by Gasteiger charge is -2.20. The van der Waals surface area contributed by atoms with Gasteiger partial charge in [-0.25, -0.2) is 0 Å². The molecule has 0 saturated heterocycles. The number of nitrogens with one attached hydrogen (secondary N) is 1. The number of methoxy groups -OCH3 is 1. The first-order valence-electron chi connectivity index (χ1n) is 6.72. The van der Waals surface area contributed by atoms with Crippen molar-refractivity contribution in [2.24, 2.45) is 0 Å². The van der Waals surface area contributed by atoms with E-state index in [0.717, 1.165) is 25.1 Å². The van der Waals surface area contributed by atoms with Crippen molar-refractivity contribution in [2.75, 3.05) is 13.7 Å². The molecule has 1 N–H and O–H groups in total. The molecule has 0 aliphatic rings. The summed E-state index contributed by atoms with van der Waals surface area (Å²) < 4.78 is 5.46. The Hall–Kier alpha value is -1.02. The Morgan fingerprint density at radius 3 is 2.28 bits per heavy atom. The summed E-state index contributed by atoms with van der Waals surface area (Å²) in [7, 11) is 1.75. The van der Waals surface area contributed by atoms with Crippen LogP contribution in [0.2, 0.25) is 0 Å². The molecule has 0 bridgehead atoms. The number of aryl methyl sites for hydroxylation is 3. The maximum Gasteiger partial charge on any atom is 0.122 e. The zero-order valence-corrected chi connectivity index (χ0v) is 12.7. The molecule has 1 rings (SSSR count). The van der Waals surface area contributed by atoms with Crippen LogP contribution < -0.4 is 10.1 Å². The van der Waals surface area contributed by atoms with E-state index in [1.165, 1.54) is 16.7 Å². The quantitative estimate of drug-likeness (QED) is 0.805. The van der Waals surface area contributed by atoms with E-state index in [0.29, 0.717) is 0 Å². The molecule has 2 nitrogen and oxygen atoms in total. The van der Waals surface area contributed by atoms with Crippen LogP contribution in [0.15, 0.2) is 12.1 Å². The lowest BCUT2D eigenvalue weighted by molar-refractivity contribution is 0.404. The molecule has 2 heteroatoms. The Kier molecular flexibility index (Phi) is 5.21. The second kappa shape index (κ2) is 6.24. The minimum absolute atomic E-state index is 0.202. The SMILES string of the molecule is COc1cc(C)c(C)cc1CCCNC(C)(C)C. The van der Waals surface area contributed by atoms with Crippen LogP contribution in [0.1, 0.15) is 43.9 Å². The molecular weight excluding hydrogens is 222 g/mol. The Labute approximate surface area is 112 Å². The van der Waals surface area contributed by atoms with E-state index in [1.807, 2.05) is 0 Å². The Morgan fingerprint density at radius 1 is 1.11 bits per heavy atom. The van der Waals surface area contributed by atoms with Gasteiger partial charge in [0.05, 0.1) is 7.11 Å². The second-order valence-electron chi connectivity index (χ2n) is 6.03. The maximum atomic E-state index is 5.46. The second-order valence-corrected chi connectivity index (χ2v) is 6.03. The first-order valence-corrected chi connectivity index (χ1v) is 6.72. The fourth-order valence-corrected chi connectivity index (χ4v) is 1.98. The first-order chi connectivity index (χ1) is 8.33. The topological polar surface area (TPSA) is 21.3 Å². The molecule has 0 fully saturated rings. The van der Waals surface area contributed by atoms with Crippen LogP contribution in [0.4, 0.5) is 0 Å². The maximum absolute atomic E-state index is 5.46. The van der Waals surface area contributed by atoms with E-state index in [9.17, 15) is 0 Å². The van der Waals surface area contributed by atoms with Crippen LogP contribution in [0.25, 0.3) is 0 Å². The molecule has 0 amide bonds. The smallest absolute Gasteiger partial charge is 0.122 e. The average Bonchev–Trinajstić information content (AvgIpc) is 2.27. The van der Waals surface area contributed by atoms with Crippen molar-refractivity contribution < 1.29 is 4.74 Å². The number of hydrogen-bond acceptors (Lipinski definition) is 2. The van der Waals surface area contributed by atoms with Gasteiger partial charge in [0.15, 0.2) is 0 Å². The molecule has 0 spiro atoms. The molecule has 0 aliphatic heterocycles. The van der Waals surface area contributed by atoms with E-state index in [2.05, 4.69) is 52.1 Å². The molecule has 0 heterocycles. The monoisotopic (exact) mass is 249 g/mol. The predicted octanol–water partition coefficient (Wildman–Crippen LogP) is 3.63. The van der Waals surface area contributed by atoms with Crippen LogP contribution in [0, 0.1) is 13.8 Å². The summed E-state index contributed by atoms with van der Waals surface area (Å²) >= 11 is 0. The average molecular weight is 249 g/mol. The van der Waals surface area contributed by atoms with Gasteiger partial charge in [0.25, 0.3) is 0 Å². The van der Waals surface area contributed by atoms with E-state index < -0.39 is 0 Å². The van der Waals surface area contributed by atoms with Gasteiger partial charge in [0.2, 0.25) is 0 Å². The third-order valence-electron chi connectivity index (χ3n) is 3.17. The number of hydrogen-bond donors (Lipinski definition) is 1. The summed E-state index contributed by atoms with van der Waals surface area (Å²) in [5, 5.41) is 3.51. The van der Waals surface area contributed by atoms with Crippen molar-refractivity contribution in [3.05, 3.63) is 28.8 Å². The van der Waals surface area contributed by atoms with E-state index in [4.69, 9.17) is 4.74 Å². The van der Waals surface area contributed by atoms with Gasteiger partial charge < -0.3 is 10.1 Å². The van der Waals surface area contributed by atoms with Gasteiger partial charge in [0, 0.05) is 5.54 Å². The van der Waals surface area contributed by atoms with Gasteiger partial charge >= 0.3 is 0 Å². The van der Waals surface area contributed by atoms with Gasteiger partial charge in [-0.2, -0.15) is 0 Å². The third kappa shape index (κ3) is 4.69. The minimum Gasteiger partial charge on any atom is -0.496 e.